The van der Waals surface area contributed by atoms with Crippen LogP contribution in [0.4, 0.5) is 0 Å². The Hall–Kier alpha value is -1.30. The lowest BCUT2D eigenvalue weighted by Gasteiger charge is -1.85. The summed E-state index contributed by atoms with van der Waals surface area (Å²) in [5, 5.41) is 8.13. The Morgan fingerprint density at radius 3 is 3.25 bits per heavy atom. The monoisotopic (exact) mass is 106 g/mol. The SMILES string of the molecule is N#CCn1c[c]nc1. The molecule has 0 amide bonds. The van der Waals surface area contributed by atoms with Crippen LogP contribution >= 0.6 is 0 Å². The molecule has 0 aromatic carbocycles. The van der Waals surface area contributed by atoms with Crippen molar-refractivity contribution in [1.29, 1.82) is 5.26 Å². The number of nitrogens with zero attached hydrogens (tertiary/aromatic N) is 3. The molecule has 0 saturated heterocycles. The van der Waals surface area contributed by atoms with E-state index in [1.807, 2.05) is 6.07 Å². The molecular formula is C5H4N3. The first-order valence-electron chi connectivity index (χ1n) is 2.18. The number of rotatable bonds is 1. The summed E-state index contributed by atoms with van der Waals surface area (Å²) in [5.41, 5.74) is 0. The third-order valence-electron chi connectivity index (χ3n) is 0.757. The van der Waals surface area contributed by atoms with Crippen LogP contribution in [-0.4, -0.2) is 9.55 Å². The second-order valence-electron chi connectivity index (χ2n) is 1.33. The summed E-state index contributed by atoms with van der Waals surface area (Å²) in [4.78, 5) is 3.63. The van der Waals surface area contributed by atoms with Crippen LogP contribution in [0.2, 0.25) is 0 Å². The third kappa shape index (κ3) is 0.850. The van der Waals surface area contributed by atoms with Crippen molar-refractivity contribution >= 4 is 0 Å². The van der Waals surface area contributed by atoms with E-state index in [0.717, 1.165) is 0 Å². The van der Waals surface area contributed by atoms with Crippen LogP contribution in [0.15, 0.2) is 12.5 Å². The molecular weight excluding hydrogens is 102 g/mol. The summed E-state index contributed by atoms with van der Waals surface area (Å²) < 4.78 is 1.65. The van der Waals surface area contributed by atoms with Crippen LogP contribution in [0.3, 0.4) is 0 Å². The van der Waals surface area contributed by atoms with Gasteiger partial charge in [0, 0.05) is 6.20 Å². The standard InChI is InChI=1S/C5H4N3/c6-1-3-8-4-2-7-5-8/h4-5H,3H2. The molecule has 0 unspecified atom stereocenters. The lowest BCUT2D eigenvalue weighted by Crippen LogP contribution is -1.88. The fraction of sp³-hybridized carbons (Fsp3) is 0.200. The van der Waals surface area contributed by atoms with Gasteiger partial charge in [-0.3, -0.25) is 0 Å². The van der Waals surface area contributed by atoms with E-state index in [-0.39, 0.29) is 0 Å². The maximum atomic E-state index is 8.13. The molecule has 0 atom stereocenters. The highest BCUT2D eigenvalue weighted by molar-refractivity contribution is 4.78. The average Bonchev–Trinajstić information content (AvgIpc) is 2.19. The fourth-order valence-corrected chi connectivity index (χ4v) is 0.416. The lowest BCUT2D eigenvalue weighted by molar-refractivity contribution is 0.830. The smallest absolute Gasteiger partial charge is 0.111 e. The van der Waals surface area contributed by atoms with Gasteiger partial charge in [-0.15, -0.1) is 0 Å². The zero-order valence-electron chi connectivity index (χ0n) is 4.20. The second kappa shape index (κ2) is 2.12. The first-order chi connectivity index (χ1) is 3.93. The molecule has 0 fully saturated rings. The Morgan fingerprint density at radius 1 is 1.88 bits per heavy atom. The number of nitriles is 1. The van der Waals surface area contributed by atoms with E-state index in [0.29, 0.717) is 6.54 Å². The van der Waals surface area contributed by atoms with Crippen molar-refractivity contribution in [2.75, 3.05) is 0 Å². The van der Waals surface area contributed by atoms with Gasteiger partial charge in [-0.2, -0.15) is 5.26 Å². The zero-order valence-corrected chi connectivity index (χ0v) is 4.20. The molecule has 8 heavy (non-hydrogen) atoms. The molecule has 0 spiro atoms. The van der Waals surface area contributed by atoms with Crippen LogP contribution in [0.5, 0.6) is 0 Å². The van der Waals surface area contributed by atoms with Crippen LogP contribution in [0.1, 0.15) is 0 Å². The second-order valence-corrected chi connectivity index (χ2v) is 1.33. The van der Waals surface area contributed by atoms with E-state index in [1.54, 1.807) is 17.1 Å². The van der Waals surface area contributed by atoms with Gasteiger partial charge in [0.25, 0.3) is 0 Å². The molecule has 0 aliphatic heterocycles. The minimum Gasteiger partial charge on any atom is -0.323 e. The van der Waals surface area contributed by atoms with Gasteiger partial charge in [-0.25, -0.2) is 4.98 Å². The van der Waals surface area contributed by atoms with E-state index in [4.69, 9.17) is 5.26 Å². The summed E-state index contributed by atoms with van der Waals surface area (Å²) in [5.74, 6) is 0. The van der Waals surface area contributed by atoms with Gasteiger partial charge >= 0.3 is 0 Å². The van der Waals surface area contributed by atoms with Gasteiger partial charge in [-0.1, -0.05) is 0 Å². The predicted octanol–water partition coefficient (Wildman–Crippen LogP) is 0.207. The topological polar surface area (TPSA) is 41.6 Å². The van der Waals surface area contributed by atoms with Crippen molar-refractivity contribution in [2.24, 2.45) is 0 Å². The maximum absolute atomic E-state index is 8.13. The van der Waals surface area contributed by atoms with Gasteiger partial charge in [0.1, 0.15) is 12.7 Å². The molecule has 3 nitrogen and oxygen atoms in total. The van der Waals surface area contributed by atoms with E-state index in [1.165, 1.54) is 0 Å². The summed E-state index contributed by atoms with van der Waals surface area (Å²) in [7, 11) is 0. The Labute approximate surface area is 47.2 Å². The van der Waals surface area contributed by atoms with Gasteiger partial charge in [0.15, 0.2) is 0 Å². The molecule has 1 aromatic heterocycles. The van der Waals surface area contributed by atoms with Crippen molar-refractivity contribution in [3.63, 3.8) is 0 Å². The van der Waals surface area contributed by atoms with Crippen molar-refractivity contribution in [2.45, 2.75) is 6.54 Å². The Balaban J connectivity index is 2.67. The van der Waals surface area contributed by atoms with E-state index >= 15 is 0 Å². The van der Waals surface area contributed by atoms with E-state index < -0.39 is 0 Å². The van der Waals surface area contributed by atoms with E-state index in [2.05, 4.69) is 11.2 Å². The first-order valence-corrected chi connectivity index (χ1v) is 2.18. The minimum absolute atomic E-state index is 0.358. The zero-order chi connectivity index (χ0) is 5.82. The number of hydrogen-bond acceptors (Lipinski definition) is 2. The highest BCUT2D eigenvalue weighted by atomic mass is 15.0. The molecule has 39 valence electrons. The van der Waals surface area contributed by atoms with Crippen LogP contribution < -0.4 is 0 Å². The fourth-order valence-electron chi connectivity index (χ4n) is 0.416. The normalized spacial score (nSPS) is 8.38. The molecule has 1 radical (unpaired) electrons. The Morgan fingerprint density at radius 2 is 2.75 bits per heavy atom. The highest BCUT2D eigenvalue weighted by Gasteiger charge is 1.82. The molecule has 3 heteroatoms. The quantitative estimate of drug-likeness (QED) is 0.513. The van der Waals surface area contributed by atoms with E-state index in [9.17, 15) is 0 Å². The van der Waals surface area contributed by atoms with Crippen LogP contribution in [0.25, 0.3) is 0 Å². The van der Waals surface area contributed by atoms with Crippen molar-refractivity contribution in [3.8, 4) is 6.07 Å². The average molecular weight is 106 g/mol. The molecule has 0 aliphatic carbocycles. The van der Waals surface area contributed by atoms with Crippen molar-refractivity contribution in [1.82, 2.24) is 9.55 Å². The summed E-state index contributed by atoms with van der Waals surface area (Å²) >= 11 is 0. The van der Waals surface area contributed by atoms with Gasteiger partial charge < -0.3 is 4.57 Å². The third-order valence-corrected chi connectivity index (χ3v) is 0.757. The first kappa shape index (κ1) is 4.85. The minimum atomic E-state index is 0.358. The number of imidazole rings is 1. The lowest BCUT2D eigenvalue weighted by atomic mass is 10.7. The van der Waals surface area contributed by atoms with Crippen molar-refractivity contribution < 1.29 is 0 Å². The molecule has 1 rings (SSSR count). The molecule has 0 bridgehead atoms. The summed E-state index contributed by atoms with van der Waals surface area (Å²) in [6.45, 7) is 0.358. The largest absolute Gasteiger partial charge is 0.323 e. The van der Waals surface area contributed by atoms with Gasteiger partial charge in [0.05, 0.1) is 12.4 Å². The number of hydrogen-bond donors (Lipinski definition) is 0. The molecule has 0 aliphatic rings. The molecule has 1 heterocycles. The van der Waals surface area contributed by atoms with Crippen molar-refractivity contribution in [3.05, 3.63) is 18.7 Å². The Bertz CT molecular complexity index is 182. The Kier molecular flexibility index (Phi) is 1.29. The summed E-state index contributed by atoms with van der Waals surface area (Å²) in [6, 6.07) is 1.97. The van der Waals surface area contributed by atoms with Gasteiger partial charge in [-0.05, 0) is 0 Å². The maximum Gasteiger partial charge on any atom is 0.111 e. The highest BCUT2D eigenvalue weighted by Crippen LogP contribution is 1.80. The van der Waals surface area contributed by atoms with Crippen LogP contribution in [0, 0.1) is 17.5 Å². The molecule has 0 N–H and O–H groups in total. The molecule has 1 aromatic rings. The van der Waals surface area contributed by atoms with Crippen LogP contribution in [-0.2, 0) is 6.54 Å². The summed E-state index contributed by atoms with van der Waals surface area (Å²) in [6.07, 6.45) is 5.76. The number of aromatic nitrogens is 2. The predicted molar refractivity (Wildman–Crippen MR) is 26.7 cm³/mol. The molecule has 0 saturated carbocycles. The van der Waals surface area contributed by atoms with Gasteiger partial charge in [0.2, 0.25) is 0 Å².